The Morgan fingerprint density at radius 1 is 1.33 bits per heavy atom. The van der Waals surface area contributed by atoms with Gasteiger partial charge >= 0.3 is 0 Å². The second kappa shape index (κ2) is 6.76. The summed E-state index contributed by atoms with van der Waals surface area (Å²) in [7, 11) is 0. The molecule has 0 saturated carbocycles. The number of carbonyl (C=O) groups excluding carboxylic acids is 1. The standard InChI is InChI=1S/C15H10ClN3O3S2/c1-23-12-5-2-8(6-11(12)19(21)22)14(20)18-15-17-10-4-3-9(16)7-13(10)24-15/h2-7H,1H3,(H,17,18,20). The van der Waals surface area contributed by atoms with Crippen molar-refractivity contribution in [3.8, 4) is 0 Å². The minimum absolute atomic E-state index is 0.0915. The fraction of sp³-hybridized carbons (Fsp3) is 0.0667. The summed E-state index contributed by atoms with van der Waals surface area (Å²) in [6.07, 6.45) is 1.74. The summed E-state index contributed by atoms with van der Waals surface area (Å²) in [5.74, 6) is -0.448. The first kappa shape index (κ1) is 16.7. The molecule has 0 spiro atoms. The van der Waals surface area contributed by atoms with Crippen molar-refractivity contribution in [3.63, 3.8) is 0 Å². The molecule has 0 atom stereocenters. The molecule has 3 aromatic rings. The van der Waals surface area contributed by atoms with Crippen LogP contribution in [0.3, 0.4) is 0 Å². The highest BCUT2D eigenvalue weighted by molar-refractivity contribution is 7.98. The SMILES string of the molecule is CSc1ccc(C(=O)Nc2nc3ccc(Cl)cc3s2)cc1[N+](=O)[O-]. The van der Waals surface area contributed by atoms with E-state index in [1.165, 1.54) is 29.2 Å². The Morgan fingerprint density at radius 3 is 2.83 bits per heavy atom. The number of hydrogen-bond donors (Lipinski definition) is 1. The van der Waals surface area contributed by atoms with Crippen molar-refractivity contribution in [1.29, 1.82) is 0 Å². The van der Waals surface area contributed by atoms with E-state index in [2.05, 4.69) is 10.3 Å². The summed E-state index contributed by atoms with van der Waals surface area (Å²) in [5, 5.41) is 14.8. The number of nitro groups is 1. The molecular formula is C15H10ClN3O3S2. The quantitative estimate of drug-likeness (QED) is 0.398. The minimum Gasteiger partial charge on any atom is -0.298 e. The molecule has 122 valence electrons. The van der Waals surface area contributed by atoms with Gasteiger partial charge in [-0.15, -0.1) is 11.8 Å². The minimum atomic E-state index is -0.498. The fourth-order valence-corrected chi connectivity index (χ4v) is 3.78. The Bertz CT molecular complexity index is 958. The zero-order valence-corrected chi connectivity index (χ0v) is 14.7. The maximum atomic E-state index is 12.3. The van der Waals surface area contributed by atoms with E-state index in [4.69, 9.17) is 11.6 Å². The van der Waals surface area contributed by atoms with Crippen LogP contribution in [0.25, 0.3) is 10.2 Å². The predicted octanol–water partition coefficient (Wildman–Crippen LogP) is 4.83. The number of fused-ring (bicyclic) bond motifs is 1. The van der Waals surface area contributed by atoms with Crippen LogP contribution in [0.15, 0.2) is 41.3 Å². The van der Waals surface area contributed by atoms with Gasteiger partial charge in [-0.25, -0.2) is 4.98 Å². The highest BCUT2D eigenvalue weighted by Crippen LogP contribution is 2.30. The van der Waals surface area contributed by atoms with Crippen LogP contribution in [0.2, 0.25) is 5.02 Å². The van der Waals surface area contributed by atoms with Crippen LogP contribution >= 0.6 is 34.7 Å². The number of halogens is 1. The second-order valence-electron chi connectivity index (χ2n) is 4.73. The third kappa shape index (κ3) is 3.35. The van der Waals surface area contributed by atoms with Crippen LogP contribution in [0.4, 0.5) is 10.8 Å². The zero-order chi connectivity index (χ0) is 17.3. The average Bonchev–Trinajstić information content (AvgIpc) is 2.95. The van der Waals surface area contributed by atoms with Gasteiger partial charge in [-0.2, -0.15) is 0 Å². The summed E-state index contributed by atoms with van der Waals surface area (Å²) in [6, 6.07) is 9.64. The Balaban J connectivity index is 1.88. The van der Waals surface area contributed by atoms with E-state index >= 15 is 0 Å². The Kier molecular flexibility index (Phi) is 4.70. The topological polar surface area (TPSA) is 85.1 Å². The zero-order valence-electron chi connectivity index (χ0n) is 12.3. The number of nitrogens with zero attached hydrogens (tertiary/aromatic N) is 2. The van der Waals surface area contributed by atoms with Gasteiger partial charge < -0.3 is 0 Å². The van der Waals surface area contributed by atoms with Gasteiger partial charge in [-0.3, -0.25) is 20.2 Å². The van der Waals surface area contributed by atoms with Gasteiger partial charge in [0, 0.05) is 16.7 Å². The number of benzene rings is 2. The van der Waals surface area contributed by atoms with E-state index in [9.17, 15) is 14.9 Å². The molecule has 2 aromatic carbocycles. The van der Waals surface area contributed by atoms with Gasteiger partial charge in [-0.1, -0.05) is 22.9 Å². The summed E-state index contributed by atoms with van der Waals surface area (Å²) in [5.41, 5.74) is 0.839. The Morgan fingerprint density at radius 2 is 2.12 bits per heavy atom. The lowest BCUT2D eigenvalue weighted by Gasteiger charge is -2.04. The number of nitro benzene ring substituents is 1. The lowest BCUT2D eigenvalue weighted by atomic mass is 10.2. The van der Waals surface area contributed by atoms with E-state index in [0.717, 1.165) is 10.2 Å². The monoisotopic (exact) mass is 379 g/mol. The first-order valence-electron chi connectivity index (χ1n) is 6.68. The summed E-state index contributed by atoms with van der Waals surface area (Å²) < 4.78 is 0.849. The lowest BCUT2D eigenvalue weighted by molar-refractivity contribution is -0.387. The van der Waals surface area contributed by atoms with Crippen molar-refractivity contribution >= 4 is 61.6 Å². The van der Waals surface area contributed by atoms with E-state index < -0.39 is 10.8 Å². The van der Waals surface area contributed by atoms with Crippen molar-refractivity contribution in [2.75, 3.05) is 11.6 Å². The van der Waals surface area contributed by atoms with Crippen molar-refractivity contribution in [3.05, 3.63) is 57.1 Å². The van der Waals surface area contributed by atoms with Crippen molar-refractivity contribution in [2.24, 2.45) is 0 Å². The van der Waals surface area contributed by atoms with Crippen molar-refractivity contribution in [2.45, 2.75) is 4.90 Å². The molecule has 0 fully saturated rings. The first-order valence-corrected chi connectivity index (χ1v) is 9.09. The third-order valence-corrected chi connectivity index (χ3v) is 5.16. The van der Waals surface area contributed by atoms with Crippen LogP contribution in [-0.4, -0.2) is 22.1 Å². The number of rotatable bonds is 4. The number of anilines is 1. The molecule has 1 heterocycles. The van der Waals surface area contributed by atoms with Crippen LogP contribution in [0.5, 0.6) is 0 Å². The third-order valence-electron chi connectivity index (χ3n) is 3.21. The number of aromatic nitrogens is 1. The summed E-state index contributed by atoms with van der Waals surface area (Å²) >= 11 is 8.47. The molecule has 0 aliphatic heterocycles. The van der Waals surface area contributed by atoms with Gasteiger partial charge in [-0.05, 0) is 36.6 Å². The molecule has 3 rings (SSSR count). The van der Waals surface area contributed by atoms with E-state index in [-0.39, 0.29) is 11.3 Å². The van der Waals surface area contributed by atoms with Crippen LogP contribution in [-0.2, 0) is 0 Å². The molecule has 1 N–H and O–H groups in total. The number of thiazole rings is 1. The fourth-order valence-electron chi connectivity index (χ4n) is 2.10. The number of carbonyl (C=O) groups is 1. The lowest BCUT2D eigenvalue weighted by Crippen LogP contribution is -2.12. The van der Waals surface area contributed by atoms with E-state index in [1.54, 1.807) is 36.6 Å². The molecule has 0 bridgehead atoms. The first-order chi connectivity index (χ1) is 11.5. The van der Waals surface area contributed by atoms with Gasteiger partial charge in [0.1, 0.15) is 0 Å². The molecular weight excluding hydrogens is 370 g/mol. The van der Waals surface area contributed by atoms with Crippen molar-refractivity contribution in [1.82, 2.24) is 4.98 Å². The molecule has 0 radical (unpaired) electrons. The van der Waals surface area contributed by atoms with Gasteiger partial charge in [0.2, 0.25) is 0 Å². The average molecular weight is 380 g/mol. The molecule has 0 aliphatic rings. The maximum absolute atomic E-state index is 12.3. The number of nitrogens with one attached hydrogen (secondary N) is 1. The molecule has 1 amide bonds. The second-order valence-corrected chi connectivity index (χ2v) is 7.04. The highest BCUT2D eigenvalue weighted by atomic mass is 35.5. The molecule has 0 unspecified atom stereocenters. The van der Waals surface area contributed by atoms with E-state index in [1.807, 2.05) is 0 Å². The number of thioether (sulfide) groups is 1. The van der Waals surface area contributed by atoms with E-state index in [0.29, 0.717) is 15.0 Å². The Hall–Kier alpha value is -2.16. The maximum Gasteiger partial charge on any atom is 0.283 e. The largest absolute Gasteiger partial charge is 0.298 e. The molecule has 9 heteroatoms. The number of amides is 1. The summed E-state index contributed by atoms with van der Waals surface area (Å²) in [6.45, 7) is 0. The summed E-state index contributed by atoms with van der Waals surface area (Å²) in [4.78, 5) is 27.7. The Labute approximate surface area is 150 Å². The molecule has 6 nitrogen and oxygen atoms in total. The highest BCUT2D eigenvalue weighted by Gasteiger charge is 2.18. The molecule has 1 aromatic heterocycles. The van der Waals surface area contributed by atoms with Crippen LogP contribution < -0.4 is 5.32 Å². The van der Waals surface area contributed by atoms with Gasteiger partial charge in [0.15, 0.2) is 5.13 Å². The van der Waals surface area contributed by atoms with Gasteiger partial charge in [0.25, 0.3) is 11.6 Å². The predicted molar refractivity (Wildman–Crippen MR) is 97.5 cm³/mol. The number of hydrogen-bond acceptors (Lipinski definition) is 6. The molecule has 0 saturated heterocycles. The van der Waals surface area contributed by atoms with Crippen LogP contribution in [0, 0.1) is 10.1 Å². The normalized spacial score (nSPS) is 10.8. The van der Waals surface area contributed by atoms with Crippen molar-refractivity contribution < 1.29 is 9.72 Å². The van der Waals surface area contributed by atoms with Crippen LogP contribution in [0.1, 0.15) is 10.4 Å². The molecule has 0 aliphatic carbocycles. The molecule has 24 heavy (non-hydrogen) atoms. The smallest absolute Gasteiger partial charge is 0.283 e. The van der Waals surface area contributed by atoms with Gasteiger partial charge in [0.05, 0.1) is 20.0 Å².